The van der Waals surface area contributed by atoms with Gasteiger partial charge in [0.15, 0.2) is 10.8 Å². The van der Waals surface area contributed by atoms with E-state index in [2.05, 4.69) is 25.3 Å². The summed E-state index contributed by atoms with van der Waals surface area (Å²) in [5, 5.41) is 14.2. The smallest absolute Gasteiger partial charge is 0.191 e. The SMILES string of the molecule is Cc1nnc(SCc2nc(Cl)c3cnn(C)c3n2)n1C. The van der Waals surface area contributed by atoms with Crippen LogP contribution in [0.3, 0.4) is 0 Å². The normalized spacial score (nSPS) is 11.4. The van der Waals surface area contributed by atoms with Crippen molar-refractivity contribution in [1.29, 1.82) is 0 Å². The molecule has 9 heteroatoms. The first kappa shape index (κ1) is 13.3. The molecule has 7 nitrogen and oxygen atoms in total. The molecule has 3 aromatic heterocycles. The van der Waals surface area contributed by atoms with E-state index in [-0.39, 0.29) is 0 Å². The summed E-state index contributed by atoms with van der Waals surface area (Å²) in [5.74, 6) is 2.09. The van der Waals surface area contributed by atoms with Crippen LogP contribution in [0, 0.1) is 6.92 Å². The highest BCUT2D eigenvalue weighted by Gasteiger charge is 2.12. The van der Waals surface area contributed by atoms with Crippen molar-refractivity contribution in [2.75, 3.05) is 0 Å². The van der Waals surface area contributed by atoms with Gasteiger partial charge in [-0.3, -0.25) is 4.68 Å². The summed E-state index contributed by atoms with van der Waals surface area (Å²) in [6.07, 6.45) is 1.67. The molecule has 0 atom stereocenters. The number of fused-ring (bicyclic) bond motifs is 1. The molecule has 20 heavy (non-hydrogen) atoms. The molecule has 0 unspecified atom stereocenters. The largest absolute Gasteiger partial charge is 0.309 e. The minimum absolute atomic E-state index is 0.424. The van der Waals surface area contributed by atoms with E-state index in [1.54, 1.807) is 10.9 Å². The maximum Gasteiger partial charge on any atom is 0.191 e. The lowest BCUT2D eigenvalue weighted by Gasteiger charge is -2.03. The minimum atomic E-state index is 0.424. The van der Waals surface area contributed by atoms with Gasteiger partial charge in [0, 0.05) is 14.1 Å². The third kappa shape index (κ3) is 2.25. The molecule has 3 heterocycles. The van der Waals surface area contributed by atoms with Gasteiger partial charge in [-0.2, -0.15) is 5.10 Å². The molecule has 104 valence electrons. The van der Waals surface area contributed by atoms with Crippen molar-refractivity contribution in [3.63, 3.8) is 0 Å². The lowest BCUT2D eigenvalue weighted by atomic mass is 10.4. The summed E-state index contributed by atoms with van der Waals surface area (Å²) in [4.78, 5) is 8.76. The van der Waals surface area contributed by atoms with Crippen LogP contribution in [0.15, 0.2) is 11.4 Å². The van der Waals surface area contributed by atoms with Crippen LogP contribution in [0.4, 0.5) is 0 Å². The van der Waals surface area contributed by atoms with Gasteiger partial charge < -0.3 is 4.57 Å². The fourth-order valence-electron chi connectivity index (χ4n) is 1.74. The highest BCUT2D eigenvalue weighted by atomic mass is 35.5. The molecule has 0 aliphatic carbocycles. The summed E-state index contributed by atoms with van der Waals surface area (Å²) in [6.45, 7) is 1.91. The van der Waals surface area contributed by atoms with Crippen molar-refractivity contribution in [3.05, 3.63) is 23.0 Å². The van der Waals surface area contributed by atoms with Gasteiger partial charge in [0.1, 0.15) is 16.8 Å². The monoisotopic (exact) mass is 309 g/mol. The Bertz CT molecular complexity index is 779. The zero-order chi connectivity index (χ0) is 14.3. The molecule has 0 aliphatic heterocycles. The molecule has 0 bridgehead atoms. The predicted molar refractivity (Wildman–Crippen MR) is 76.6 cm³/mol. The van der Waals surface area contributed by atoms with Crippen LogP contribution >= 0.6 is 23.4 Å². The average Bonchev–Trinajstić information content (AvgIpc) is 2.94. The molecule has 0 fully saturated rings. The first-order valence-electron chi connectivity index (χ1n) is 5.89. The van der Waals surface area contributed by atoms with Crippen LogP contribution in [-0.4, -0.2) is 34.5 Å². The standard InChI is InChI=1S/C11H12ClN7S/c1-6-16-17-11(18(6)2)20-5-8-14-9(12)7-4-13-19(3)10(7)15-8/h4H,5H2,1-3H3. The molecule has 0 saturated carbocycles. The van der Waals surface area contributed by atoms with Gasteiger partial charge in [-0.15, -0.1) is 10.2 Å². The van der Waals surface area contributed by atoms with E-state index in [1.807, 2.05) is 25.6 Å². The molecule has 3 rings (SSSR count). The first-order valence-corrected chi connectivity index (χ1v) is 7.25. The van der Waals surface area contributed by atoms with Crippen molar-refractivity contribution in [2.24, 2.45) is 14.1 Å². The van der Waals surface area contributed by atoms with Gasteiger partial charge in [-0.1, -0.05) is 23.4 Å². The van der Waals surface area contributed by atoms with E-state index >= 15 is 0 Å². The van der Waals surface area contributed by atoms with E-state index in [4.69, 9.17) is 11.6 Å². The van der Waals surface area contributed by atoms with E-state index in [9.17, 15) is 0 Å². The maximum atomic E-state index is 6.15. The van der Waals surface area contributed by atoms with E-state index < -0.39 is 0 Å². The van der Waals surface area contributed by atoms with Crippen LogP contribution in [-0.2, 0) is 19.8 Å². The highest BCUT2D eigenvalue weighted by molar-refractivity contribution is 7.98. The molecule has 0 saturated heterocycles. The second-order valence-electron chi connectivity index (χ2n) is 4.31. The molecular weight excluding hydrogens is 298 g/mol. The fourth-order valence-corrected chi connectivity index (χ4v) is 2.78. The maximum absolute atomic E-state index is 6.15. The van der Waals surface area contributed by atoms with Gasteiger partial charge >= 0.3 is 0 Å². The summed E-state index contributed by atoms with van der Waals surface area (Å²) >= 11 is 7.67. The van der Waals surface area contributed by atoms with Crippen molar-refractivity contribution in [3.8, 4) is 0 Å². The van der Waals surface area contributed by atoms with E-state index in [0.29, 0.717) is 16.7 Å². The van der Waals surface area contributed by atoms with E-state index in [0.717, 1.165) is 22.0 Å². The van der Waals surface area contributed by atoms with Crippen molar-refractivity contribution in [2.45, 2.75) is 17.8 Å². The number of hydrogen-bond donors (Lipinski definition) is 0. The topological polar surface area (TPSA) is 74.3 Å². The Kier molecular flexibility index (Phi) is 3.35. The molecule has 0 N–H and O–H groups in total. The van der Waals surface area contributed by atoms with Crippen molar-refractivity contribution >= 4 is 34.4 Å². The van der Waals surface area contributed by atoms with Crippen LogP contribution < -0.4 is 0 Å². The summed E-state index contributed by atoms with van der Waals surface area (Å²) in [5.41, 5.74) is 0.731. The van der Waals surface area contributed by atoms with Crippen LogP contribution in [0.2, 0.25) is 5.15 Å². The summed E-state index contributed by atoms with van der Waals surface area (Å²) < 4.78 is 3.61. The third-order valence-electron chi connectivity index (χ3n) is 2.97. The molecule has 0 aromatic carbocycles. The Morgan fingerprint density at radius 2 is 2.05 bits per heavy atom. The second kappa shape index (κ2) is 5.02. The zero-order valence-electron chi connectivity index (χ0n) is 11.2. The highest BCUT2D eigenvalue weighted by Crippen LogP contribution is 2.23. The average molecular weight is 310 g/mol. The lowest BCUT2D eigenvalue weighted by molar-refractivity contribution is 0.764. The number of aromatic nitrogens is 7. The Morgan fingerprint density at radius 1 is 1.25 bits per heavy atom. The van der Waals surface area contributed by atoms with Crippen LogP contribution in [0.5, 0.6) is 0 Å². The van der Waals surface area contributed by atoms with Gasteiger partial charge in [-0.25, -0.2) is 9.97 Å². The molecule has 0 aliphatic rings. The number of thioether (sulfide) groups is 1. The first-order chi connectivity index (χ1) is 9.56. The van der Waals surface area contributed by atoms with Gasteiger partial charge in [0.25, 0.3) is 0 Å². The predicted octanol–water partition coefficient (Wildman–Crippen LogP) is 1.75. The minimum Gasteiger partial charge on any atom is -0.309 e. The Balaban J connectivity index is 1.87. The van der Waals surface area contributed by atoms with Crippen LogP contribution in [0.1, 0.15) is 11.6 Å². The Morgan fingerprint density at radius 3 is 2.75 bits per heavy atom. The number of rotatable bonds is 3. The van der Waals surface area contributed by atoms with Gasteiger partial charge in [-0.05, 0) is 6.92 Å². The van der Waals surface area contributed by atoms with Crippen LogP contribution in [0.25, 0.3) is 11.0 Å². The van der Waals surface area contributed by atoms with E-state index in [1.165, 1.54) is 11.8 Å². The van der Waals surface area contributed by atoms with Gasteiger partial charge in [0.05, 0.1) is 17.3 Å². The number of nitrogens with zero attached hydrogens (tertiary/aromatic N) is 7. The molecule has 0 spiro atoms. The fraction of sp³-hybridized carbons (Fsp3) is 0.364. The van der Waals surface area contributed by atoms with Crippen molar-refractivity contribution in [1.82, 2.24) is 34.5 Å². The Hall–Kier alpha value is -1.67. The second-order valence-corrected chi connectivity index (χ2v) is 5.61. The molecular formula is C11H12ClN7S. The Labute approximate surface area is 124 Å². The zero-order valence-corrected chi connectivity index (χ0v) is 12.8. The molecule has 3 aromatic rings. The quantitative estimate of drug-likeness (QED) is 0.542. The number of halogens is 1. The molecule has 0 amide bonds. The summed E-state index contributed by atoms with van der Waals surface area (Å²) in [6, 6.07) is 0. The van der Waals surface area contributed by atoms with Gasteiger partial charge in [0.2, 0.25) is 0 Å². The molecule has 0 radical (unpaired) electrons. The number of aryl methyl sites for hydroxylation is 2. The van der Waals surface area contributed by atoms with Crippen molar-refractivity contribution < 1.29 is 0 Å². The third-order valence-corrected chi connectivity index (χ3v) is 4.28. The lowest BCUT2D eigenvalue weighted by Crippen LogP contribution is -1.99. The number of hydrogen-bond acceptors (Lipinski definition) is 6. The summed E-state index contributed by atoms with van der Waals surface area (Å²) in [7, 11) is 3.75.